The fourth-order valence-corrected chi connectivity index (χ4v) is 3.79. The van der Waals surface area contributed by atoms with Crippen LogP contribution in [0.5, 0.6) is 5.75 Å². The van der Waals surface area contributed by atoms with Gasteiger partial charge in [-0.3, -0.25) is 10.1 Å². The molecule has 5 aromatic heterocycles. The molecule has 1 aromatic carbocycles. The average Bonchev–Trinajstić information content (AvgIpc) is 3.48. The lowest BCUT2D eigenvalue weighted by Crippen LogP contribution is -1.89. The summed E-state index contributed by atoms with van der Waals surface area (Å²) in [5.41, 5.74) is 6.58. The molecule has 8 nitrogen and oxygen atoms in total. The number of benzene rings is 1. The minimum absolute atomic E-state index is 0.287. The number of rotatable bonds is 4. The topological polar surface area (TPSA) is 105 Å². The van der Waals surface area contributed by atoms with Crippen molar-refractivity contribution >= 4 is 22.2 Å². The number of hydrogen-bond acceptors (Lipinski definition) is 6. The van der Waals surface area contributed by atoms with Crippen LogP contribution in [-0.4, -0.2) is 42.2 Å². The van der Waals surface area contributed by atoms with Crippen LogP contribution in [0.4, 0.5) is 4.39 Å². The number of imidazole rings is 1. The molecule has 33 heavy (non-hydrogen) atoms. The highest BCUT2D eigenvalue weighted by atomic mass is 19.1. The molecule has 6 aromatic rings. The van der Waals surface area contributed by atoms with Crippen LogP contribution >= 0.6 is 0 Å². The van der Waals surface area contributed by atoms with Gasteiger partial charge in [0.05, 0.1) is 30.0 Å². The Morgan fingerprint density at radius 1 is 0.939 bits per heavy atom. The fraction of sp³-hybridized carbons (Fsp3) is 0.0417. The number of aromatic amines is 2. The summed E-state index contributed by atoms with van der Waals surface area (Å²) in [7, 11) is 1.60. The Morgan fingerprint density at radius 3 is 2.67 bits per heavy atom. The van der Waals surface area contributed by atoms with Crippen molar-refractivity contribution in [2.75, 3.05) is 7.11 Å². The lowest BCUT2D eigenvalue weighted by molar-refractivity contribution is 0.413. The van der Waals surface area contributed by atoms with Gasteiger partial charge in [-0.25, -0.2) is 19.3 Å². The molecule has 9 heteroatoms. The smallest absolute Gasteiger partial charge is 0.178 e. The van der Waals surface area contributed by atoms with Crippen LogP contribution in [0, 0.1) is 5.82 Å². The van der Waals surface area contributed by atoms with E-state index in [1.54, 1.807) is 37.8 Å². The van der Waals surface area contributed by atoms with Gasteiger partial charge < -0.3 is 9.72 Å². The monoisotopic (exact) mass is 437 g/mol. The molecule has 0 amide bonds. The first kappa shape index (κ1) is 19.1. The van der Waals surface area contributed by atoms with E-state index < -0.39 is 0 Å². The number of halogens is 1. The molecule has 0 bridgehead atoms. The highest BCUT2D eigenvalue weighted by Crippen LogP contribution is 2.31. The summed E-state index contributed by atoms with van der Waals surface area (Å²) in [5.74, 6) is 0.899. The number of ether oxygens (including phenoxy) is 1. The zero-order chi connectivity index (χ0) is 22.4. The van der Waals surface area contributed by atoms with E-state index in [0.717, 1.165) is 33.4 Å². The summed E-state index contributed by atoms with van der Waals surface area (Å²) in [6.45, 7) is 0. The third-order valence-corrected chi connectivity index (χ3v) is 5.42. The number of pyridine rings is 3. The van der Waals surface area contributed by atoms with E-state index in [-0.39, 0.29) is 5.82 Å². The summed E-state index contributed by atoms with van der Waals surface area (Å²) < 4.78 is 18.7. The molecule has 0 aliphatic heterocycles. The lowest BCUT2D eigenvalue weighted by atomic mass is 10.1. The summed E-state index contributed by atoms with van der Waals surface area (Å²) >= 11 is 0. The van der Waals surface area contributed by atoms with Crippen molar-refractivity contribution < 1.29 is 9.13 Å². The van der Waals surface area contributed by atoms with E-state index in [1.807, 2.05) is 24.3 Å². The van der Waals surface area contributed by atoms with Crippen LogP contribution in [-0.2, 0) is 0 Å². The first-order valence-corrected chi connectivity index (χ1v) is 10.1. The maximum atomic E-state index is 13.4. The molecular weight excluding hydrogens is 421 g/mol. The first-order chi connectivity index (χ1) is 16.2. The fourth-order valence-electron chi connectivity index (χ4n) is 3.79. The third kappa shape index (κ3) is 3.26. The predicted octanol–water partition coefficient (Wildman–Crippen LogP) is 4.77. The van der Waals surface area contributed by atoms with E-state index in [0.29, 0.717) is 28.4 Å². The Morgan fingerprint density at radius 2 is 1.82 bits per heavy atom. The molecule has 5 heterocycles. The number of methoxy groups -OCH3 is 1. The van der Waals surface area contributed by atoms with Crippen LogP contribution < -0.4 is 4.74 Å². The van der Waals surface area contributed by atoms with Crippen LogP contribution in [0.15, 0.2) is 67.1 Å². The largest absolute Gasteiger partial charge is 0.495 e. The molecule has 6 rings (SSSR count). The van der Waals surface area contributed by atoms with Gasteiger partial charge in [-0.05, 0) is 42.0 Å². The van der Waals surface area contributed by atoms with Gasteiger partial charge in [0, 0.05) is 23.5 Å². The van der Waals surface area contributed by atoms with Gasteiger partial charge in [-0.15, -0.1) is 0 Å². The maximum Gasteiger partial charge on any atom is 0.178 e. The molecular formula is C24H16FN7O. The SMILES string of the molecule is COc1cncc(-c2ccc3[nH]nc(-c4nc5nccc(-c6ccc(F)cc6)c5[nH]4)c3n2)c1. The van der Waals surface area contributed by atoms with E-state index in [4.69, 9.17) is 9.72 Å². The highest BCUT2D eigenvalue weighted by molar-refractivity contribution is 5.94. The van der Waals surface area contributed by atoms with E-state index in [1.165, 1.54) is 12.1 Å². The quantitative estimate of drug-likeness (QED) is 0.411. The number of H-pyrrole nitrogens is 2. The Kier molecular flexibility index (Phi) is 4.32. The van der Waals surface area contributed by atoms with Crippen molar-refractivity contribution in [3.63, 3.8) is 0 Å². The molecule has 0 fully saturated rings. The van der Waals surface area contributed by atoms with Gasteiger partial charge in [-0.2, -0.15) is 5.10 Å². The first-order valence-electron chi connectivity index (χ1n) is 10.1. The molecule has 0 atom stereocenters. The summed E-state index contributed by atoms with van der Waals surface area (Å²) in [6.07, 6.45) is 5.06. The molecule has 160 valence electrons. The van der Waals surface area contributed by atoms with Crippen LogP contribution in [0.25, 0.3) is 56.1 Å². The molecule has 0 saturated carbocycles. The van der Waals surface area contributed by atoms with Gasteiger partial charge in [0.15, 0.2) is 17.2 Å². The van der Waals surface area contributed by atoms with Crippen molar-refractivity contribution in [1.29, 1.82) is 0 Å². The molecule has 0 unspecified atom stereocenters. The minimum atomic E-state index is -0.287. The van der Waals surface area contributed by atoms with Crippen molar-refractivity contribution in [2.45, 2.75) is 0 Å². The second-order valence-corrected chi connectivity index (χ2v) is 7.43. The summed E-state index contributed by atoms with van der Waals surface area (Å²) in [4.78, 5) is 21.4. The maximum absolute atomic E-state index is 13.4. The lowest BCUT2D eigenvalue weighted by Gasteiger charge is -2.04. The van der Waals surface area contributed by atoms with Crippen molar-refractivity contribution in [1.82, 2.24) is 35.1 Å². The van der Waals surface area contributed by atoms with Gasteiger partial charge in [0.2, 0.25) is 0 Å². The molecule has 2 N–H and O–H groups in total. The molecule has 0 saturated heterocycles. The number of nitrogens with zero attached hydrogens (tertiary/aromatic N) is 5. The van der Waals surface area contributed by atoms with Gasteiger partial charge in [0.25, 0.3) is 0 Å². The predicted molar refractivity (Wildman–Crippen MR) is 122 cm³/mol. The summed E-state index contributed by atoms with van der Waals surface area (Å²) in [6, 6.07) is 13.9. The van der Waals surface area contributed by atoms with E-state index in [9.17, 15) is 4.39 Å². The number of fused-ring (bicyclic) bond motifs is 2. The molecule has 0 aliphatic rings. The summed E-state index contributed by atoms with van der Waals surface area (Å²) in [5, 5.41) is 7.45. The molecule has 0 spiro atoms. The Bertz CT molecular complexity index is 1620. The van der Waals surface area contributed by atoms with Gasteiger partial charge in [-0.1, -0.05) is 12.1 Å². The zero-order valence-corrected chi connectivity index (χ0v) is 17.4. The number of hydrogen-bond donors (Lipinski definition) is 2. The Labute approximate surface area is 186 Å². The standard InChI is InChI=1S/C24H16FN7O/c1-33-16-10-14(11-26-12-16)18-6-7-19-21(28-18)22(32-31-19)24-29-20-17(8-9-27-23(20)30-24)13-2-4-15(25)5-3-13/h2-12H,1H3,(H,31,32)(H,27,29,30). The Balaban J connectivity index is 1.48. The third-order valence-electron chi connectivity index (χ3n) is 5.42. The van der Waals surface area contributed by atoms with Gasteiger partial charge >= 0.3 is 0 Å². The van der Waals surface area contributed by atoms with Crippen molar-refractivity contribution in [3.8, 4) is 39.7 Å². The van der Waals surface area contributed by atoms with Crippen LogP contribution in [0.1, 0.15) is 0 Å². The molecule has 0 radical (unpaired) electrons. The number of aromatic nitrogens is 7. The average molecular weight is 437 g/mol. The van der Waals surface area contributed by atoms with Crippen LogP contribution in [0.2, 0.25) is 0 Å². The zero-order valence-electron chi connectivity index (χ0n) is 17.4. The van der Waals surface area contributed by atoms with E-state index in [2.05, 4.69) is 30.1 Å². The minimum Gasteiger partial charge on any atom is -0.495 e. The highest BCUT2D eigenvalue weighted by Gasteiger charge is 2.17. The Hall–Kier alpha value is -4.66. The second-order valence-electron chi connectivity index (χ2n) is 7.43. The van der Waals surface area contributed by atoms with Crippen molar-refractivity contribution in [2.24, 2.45) is 0 Å². The second kappa shape index (κ2) is 7.49. The van der Waals surface area contributed by atoms with E-state index >= 15 is 0 Å². The molecule has 0 aliphatic carbocycles. The van der Waals surface area contributed by atoms with Gasteiger partial charge in [0.1, 0.15) is 17.1 Å². The van der Waals surface area contributed by atoms with Crippen LogP contribution in [0.3, 0.4) is 0 Å². The number of nitrogens with one attached hydrogen (secondary N) is 2. The van der Waals surface area contributed by atoms with Crippen molar-refractivity contribution in [3.05, 3.63) is 72.9 Å². The normalized spacial score (nSPS) is 11.3.